The van der Waals surface area contributed by atoms with Crippen molar-refractivity contribution in [2.24, 2.45) is 0 Å². The third-order valence-corrected chi connectivity index (χ3v) is 6.83. The van der Waals surface area contributed by atoms with Crippen LogP contribution in [0.15, 0.2) is 0 Å². The Bertz CT molecular complexity index is 109. The van der Waals surface area contributed by atoms with Crippen molar-refractivity contribution in [3.63, 3.8) is 0 Å². The van der Waals surface area contributed by atoms with E-state index < -0.39 is 0 Å². The van der Waals surface area contributed by atoms with E-state index in [2.05, 4.69) is 32.4 Å². The highest BCUT2D eigenvalue weighted by molar-refractivity contribution is 8.38. The van der Waals surface area contributed by atoms with Gasteiger partial charge in [0.2, 0.25) is 0 Å². The predicted molar refractivity (Wildman–Crippen MR) is 45.9 cm³/mol. The summed E-state index contributed by atoms with van der Waals surface area (Å²) in [5.41, 5.74) is 0. The zero-order chi connectivity index (χ0) is 7.07. The standard InChI is InChI=1S/C7H17NS/c1-5-9(6(2)3)7(4)8-9/h6-8H,5H2,1-4H3. The molecule has 1 N–H and O–H groups in total. The minimum atomic E-state index is -0.315. The lowest BCUT2D eigenvalue weighted by Gasteiger charge is -2.22. The molecule has 1 nitrogen and oxygen atoms in total. The smallest absolute Gasteiger partial charge is 0.0545 e. The van der Waals surface area contributed by atoms with Gasteiger partial charge in [0.15, 0.2) is 0 Å². The molecular weight excluding hydrogens is 130 g/mol. The predicted octanol–water partition coefficient (Wildman–Crippen LogP) is 2.08. The highest BCUT2D eigenvalue weighted by Crippen LogP contribution is 2.64. The molecule has 1 rings (SSSR count). The number of nitrogens with one attached hydrogen (secondary N) is 1. The van der Waals surface area contributed by atoms with Crippen LogP contribution in [0.25, 0.3) is 0 Å². The van der Waals surface area contributed by atoms with E-state index in [-0.39, 0.29) is 10.2 Å². The Morgan fingerprint density at radius 1 is 1.56 bits per heavy atom. The Kier molecular flexibility index (Phi) is 1.79. The van der Waals surface area contributed by atoms with Crippen LogP contribution in [0, 0.1) is 0 Å². The lowest BCUT2D eigenvalue weighted by molar-refractivity contribution is 1.09. The Labute approximate surface area is 59.7 Å². The van der Waals surface area contributed by atoms with Crippen molar-refractivity contribution in [3.8, 4) is 0 Å². The number of hydrogen-bond acceptors (Lipinski definition) is 1. The third-order valence-electron chi connectivity index (χ3n) is 2.28. The van der Waals surface area contributed by atoms with Crippen molar-refractivity contribution < 1.29 is 0 Å². The lowest BCUT2D eigenvalue weighted by Crippen LogP contribution is -2.03. The fourth-order valence-corrected chi connectivity index (χ4v) is 4.85. The Hall–Kier alpha value is 0.310. The van der Waals surface area contributed by atoms with Crippen LogP contribution in [0.2, 0.25) is 0 Å². The maximum Gasteiger partial charge on any atom is 0.0545 e. The van der Waals surface area contributed by atoms with Gasteiger partial charge >= 0.3 is 0 Å². The molecule has 1 aliphatic rings. The molecule has 0 bridgehead atoms. The van der Waals surface area contributed by atoms with Gasteiger partial charge in [0.05, 0.1) is 5.37 Å². The van der Waals surface area contributed by atoms with Gasteiger partial charge in [-0.3, -0.25) is 4.72 Å². The summed E-state index contributed by atoms with van der Waals surface area (Å²) < 4.78 is 3.58. The van der Waals surface area contributed by atoms with Crippen LogP contribution in [0.4, 0.5) is 0 Å². The van der Waals surface area contributed by atoms with Crippen LogP contribution in [0.3, 0.4) is 0 Å². The molecule has 2 atom stereocenters. The van der Waals surface area contributed by atoms with E-state index in [1.165, 1.54) is 5.75 Å². The van der Waals surface area contributed by atoms with Crippen LogP contribution in [0.5, 0.6) is 0 Å². The minimum absolute atomic E-state index is 0.315. The molecule has 0 amide bonds. The second kappa shape index (κ2) is 2.17. The van der Waals surface area contributed by atoms with Crippen LogP contribution in [0.1, 0.15) is 27.7 Å². The van der Waals surface area contributed by atoms with Crippen LogP contribution in [-0.2, 0) is 0 Å². The van der Waals surface area contributed by atoms with Crippen molar-refractivity contribution >= 4 is 10.2 Å². The maximum atomic E-state index is 3.58. The van der Waals surface area contributed by atoms with Crippen molar-refractivity contribution in [2.75, 3.05) is 5.75 Å². The summed E-state index contributed by atoms with van der Waals surface area (Å²) in [5.74, 6) is 1.35. The minimum Gasteiger partial charge on any atom is -0.267 e. The molecule has 0 spiro atoms. The quantitative estimate of drug-likeness (QED) is 0.593. The molecule has 0 radical (unpaired) electrons. The van der Waals surface area contributed by atoms with E-state index in [1.54, 1.807) is 0 Å². The van der Waals surface area contributed by atoms with Gasteiger partial charge in [0, 0.05) is 0 Å². The van der Waals surface area contributed by atoms with Crippen LogP contribution < -0.4 is 4.72 Å². The Morgan fingerprint density at radius 3 is 2.00 bits per heavy atom. The molecule has 0 aliphatic carbocycles. The molecule has 2 unspecified atom stereocenters. The molecule has 9 heavy (non-hydrogen) atoms. The van der Waals surface area contributed by atoms with Crippen molar-refractivity contribution in [3.05, 3.63) is 0 Å². The average molecular weight is 147 g/mol. The average Bonchev–Trinajstić information content (AvgIpc) is 2.43. The summed E-state index contributed by atoms with van der Waals surface area (Å²) >= 11 is 0. The van der Waals surface area contributed by atoms with Gasteiger partial charge < -0.3 is 0 Å². The number of rotatable bonds is 2. The van der Waals surface area contributed by atoms with Crippen molar-refractivity contribution in [2.45, 2.75) is 38.3 Å². The van der Waals surface area contributed by atoms with E-state index in [1.807, 2.05) is 0 Å². The van der Waals surface area contributed by atoms with E-state index in [0.29, 0.717) is 0 Å². The van der Waals surface area contributed by atoms with Gasteiger partial charge in [-0.25, -0.2) is 0 Å². The summed E-state index contributed by atoms with van der Waals surface area (Å²) in [4.78, 5) is 0. The van der Waals surface area contributed by atoms with E-state index in [0.717, 1.165) is 10.6 Å². The molecule has 56 valence electrons. The molecular formula is C7H17NS. The molecule has 0 aromatic heterocycles. The molecule has 1 aliphatic heterocycles. The Balaban J connectivity index is 2.52. The highest BCUT2D eigenvalue weighted by Gasteiger charge is 2.45. The van der Waals surface area contributed by atoms with E-state index >= 15 is 0 Å². The van der Waals surface area contributed by atoms with Gasteiger partial charge in [-0.2, -0.15) is 10.2 Å². The second-order valence-corrected chi connectivity index (χ2v) is 7.11. The number of hydrogen-bond donors (Lipinski definition) is 1. The first-order valence-corrected chi connectivity index (χ1v) is 5.62. The molecule has 0 saturated carbocycles. The molecule has 1 saturated heterocycles. The topological polar surface area (TPSA) is 21.9 Å². The first kappa shape index (κ1) is 7.42. The fourth-order valence-electron chi connectivity index (χ4n) is 1.49. The van der Waals surface area contributed by atoms with Crippen molar-refractivity contribution in [1.29, 1.82) is 0 Å². The van der Waals surface area contributed by atoms with Gasteiger partial charge in [0.25, 0.3) is 0 Å². The molecule has 0 aromatic carbocycles. The van der Waals surface area contributed by atoms with Crippen molar-refractivity contribution in [1.82, 2.24) is 4.72 Å². The lowest BCUT2D eigenvalue weighted by atomic mass is 10.6. The monoisotopic (exact) mass is 147 g/mol. The summed E-state index contributed by atoms with van der Waals surface area (Å²) in [6, 6.07) is 0. The van der Waals surface area contributed by atoms with E-state index in [4.69, 9.17) is 0 Å². The summed E-state index contributed by atoms with van der Waals surface area (Å²) in [6.45, 7) is 9.26. The first-order chi connectivity index (χ1) is 4.13. The summed E-state index contributed by atoms with van der Waals surface area (Å²) in [5, 5.41) is 1.71. The fraction of sp³-hybridized carbons (Fsp3) is 1.00. The molecule has 1 fully saturated rings. The van der Waals surface area contributed by atoms with E-state index in [9.17, 15) is 0 Å². The van der Waals surface area contributed by atoms with Gasteiger partial charge in [-0.1, -0.05) is 20.8 Å². The first-order valence-electron chi connectivity index (χ1n) is 3.69. The summed E-state index contributed by atoms with van der Waals surface area (Å²) in [7, 11) is -0.315. The normalized spacial score (nSPS) is 48.8. The van der Waals surface area contributed by atoms with Gasteiger partial charge in [-0.05, 0) is 17.9 Å². The molecule has 2 heteroatoms. The second-order valence-electron chi connectivity index (χ2n) is 2.95. The van der Waals surface area contributed by atoms with Gasteiger partial charge in [0.1, 0.15) is 0 Å². The Morgan fingerprint density at radius 2 is 2.00 bits per heavy atom. The zero-order valence-corrected chi connectivity index (χ0v) is 7.59. The van der Waals surface area contributed by atoms with Crippen LogP contribution in [-0.4, -0.2) is 16.4 Å². The molecule has 1 heterocycles. The van der Waals surface area contributed by atoms with Gasteiger partial charge in [-0.15, -0.1) is 0 Å². The third kappa shape index (κ3) is 0.987. The molecule has 0 aromatic rings. The highest BCUT2D eigenvalue weighted by atomic mass is 32.3. The SMILES string of the molecule is CCS1(C(C)C)NC1C. The largest absolute Gasteiger partial charge is 0.267 e. The van der Waals surface area contributed by atoms with Crippen LogP contribution >= 0.6 is 10.2 Å². The zero-order valence-electron chi connectivity index (χ0n) is 6.77. The summed E-state index contributed by atoms with van der Waals surface area (Å²) in [6.07, 6.45) is 0. The maximum absolute atomic E-state index is 3.58.